The zero-order valence-electron chi connectivity index (χ0n) is 72.3. The molecule has 0 aromatic rings. The van der Waals surface area contributed by atoms with Crippen LogP contribution in [0.2, 0.25) is 0 Å². The summed E-state index contributed by atoms with van der Waals surface area (Å²) < 4.78 is 40.7. The molecule has 0 aromatic heterocycles. The molecule has 0 bridgehead atoms. The predicted octanol–water partition coefficient (Wildman–Crippen LogP) is 12.6. The second-order valence-electron chi connectivity index (χ2n) is 31.8. The fourth-order valence-electron chi connectivity index (χ4n) is 10.4. The van der Waals surface area contributed by atoms with E-state index in [0.717, 1.165) is 44.4 Å². The number of allylic oxidation sites excluding steroid dienone is 1. The maximum atomic E-state index is 14.1. The molecule has 2 saturated heterocycles. The SMILES string of the molecule is C=C(C)C(=O)OC.C=C(C)C(=O)OCC(C)C.C=C(C)C(=O)OCCNC(C)(C)C.C=CC(=O)O.C=CN1CCCC1=O.CCCCOC(=O)/C=C\C(C)=O.CCCCOC(=O)C(C)C(CC(C)(CC(CC(CC(C)(CC(C)(C)C(=O)OCCNC(C)(C)C)C(=O)OC)C(=O)O)N1CCCC1=O)C(=O)OCC(C)C)C(C)=O. The van der Waals surface area contributed by atoms with Crippen molar-refractivity contribution in [3.63, 3.8) is 0 Å². The van der Waals surface area contributed by atoms with Gasteiger partial charge in [-0.05, 0) is 186 Å². The van der Waals surface area contributed by atoms with Gasteiger partial charge in [-0.15, -0.1) is 0 Å². The van der Waals surface area contributed by atoms with E-state index < -0.39 is 81.8 Å². The summed E-state index contributed by atoms with van der Waals surface area (Å²) in [6, 6.07) is -0.827. The van der Waals surface area contributed by atoms with E-state index in [4.69, 9.17) is 38.3 Å². The molecule has 28 nitrogen and oxygen atoms in total. The first-order chi connectivity index (χ1) is 51.5. The zero-order chi connectivity index (χ0) is 88.1. The van der Waals surface area contributed by atoms with Gasteiger partial charge in [-0.3, -0.25) is 43.2 Å². The molecule has 0 aliphatic carbocycles. The van der Waals surface area contributed by atoms with Crippen LogP contribution in [0.25, 0.3) is 0 Å². The summed E-state index contributed by atoms with van der Waals surface area (Å²) in [4.78, 5) is 170. The van der Waals surface area contributed by atoms with Crippen molar-refractivity contribution in [2.75, 3.05) is 80.0 Å². The highest BCUT2D eigenvalue weighted by Gasteiger charge is 2.49. The number of carboxylic acid groups (broad SMARTS) is 2. The number of ether oxygens (including phenoxy) is 8. The monoisotopic (exact) mass is 1590 g/mol. The topological polar surface area (TPSA) is 384 Å². The molecule has 2 aliphatic heterocycles. The number of carbonyl (C=O) groups is 14. The number of amides is 2. The Kier molecular flexibility index (Phi) is 59.1. The van der Waals surface area contributed by atoms with E-state index in [1.807, 2.05) is 62.3 Å². The minimum absolute atomic E-state index is 0.0145. The van der Waals surface area contributed by atoms with Crippen molar-refractivity contribution < 1.29 is 115 Å². The molecule has 642 valence electrons. The first kappa shape index (κ1) is 112. The lowest BCUT2D eigenvalue weighted by Gasteiger charge is -2.40. The number of esters is 8. The Bertz CT molecular complexity index is 3060. The molecule has 112 heavy (non-hydrogen) atoms. The summed E-state index contributed by atoms with van der Waals surface area (Å²) in [5, 5.41) is 24.8. The molecule has 0 radical (unpaired) electrons. The van der Waals surface area contributed by atoms with Crippen LogP contribution in [0.15, 0.2) is 74.0 Å². The van der Waals surface area contributed by atoms with Gasteiger partial charge in [-0.25, -0.2) is 24.0 Å². The number of hydrogen-bond acceptors (Lipinski definition) is 24. The van der Waals surface area contributed by atoms with Crippen molar-refractivity contribution in [2.24, 2.45) is 45.8 Å². The van der Waals surface area contributed by atoms with Crippen LogP contribution in [0.1, 0.15) is 236 Å². The van der Waals surface area contributed by atoms with Gasteiger partial charge in [0.25, 0.3) is 0 Å². The van der Waals surface area contributed by atoms with Gasteiger partial charge in [0.15, 0.2) is 5.78 Å². The second kappa shape index (κ2) is 59.1. The lowest BCUT2D eigenvalue weighted by molar-refractivity contribution is -0.164. The summed E-state index contributed by atoms with van der Waals surface area (Å²) in [7, 11) is 2.53. The highest BCUT2D eigenvalue weighted by Crippen LogP contribution is 2.44. The lowest BCUT2D eigenvalue weighted by atomic mass is 9.67. The maximum absolute atomic E-state index is 14.1. The number of unbranched alkanes of at least 4 members (excludes halogenated alkanes) is 2. The van der Waals surface area contributed by atoms with E-state index >= 15 is 0 Å². The van der Waals surface area contributed by atoms with Gasteiger partial charge >= 0.3 is 59.7 Å². The van der Waals surface area contributed by atoms with Crippen molar-refractivity contribution in [1.29, 1.82) is 0 Å². The standard InChI is InChI=1S/C43H74N2O12.C10H19NO2.C9H14O3.C8H14O2.C6H9NO.C5H8O2.C3H4O2/c1-14-15-20-55-36(50)29(4)33(30(5)46)25-42(11,39(53)57-26-28(2)3)24-32(45-19-16-17-34(45)47)22-31(35(48)49)23-43(12,38(52)54-13)27-41(9,10)37(51)56-21-18-44-40(6,7)8;1-8(2)9(12)13-7-6-11-10(3,4)5;1-3-4-7-12-9(11)6-5-8(2)10;1-6(2)5-10-8(9)7(3)4;1-2-7-5-3-4-6(7)8;1-4(2)5(6)7-3;1-2-3(4)5/h28-29,31-33,44H,14-27H2,1-13H3,(H,48,49);11H,1,6-7H2,2-5H3;5-6H,3-4,7H2,1-2H3;6H,3,5H2,1-2,4H3;2H,1,3-5H2;1H2,2-3H3;2H,1H2,(H,4,5)/b;;6-5-;;;;. The van der Waals surface area contributed by atoms with Crippen LogP contribution in [0.3, 0.4) is 0 Å². The Balaban J connectivity index is -0.000000545. The van der Waals surface area contributed by atoms with E-state index in [9.17, 15) is 72.2 Å². The van der Waals surface area contributed by atoms with Crippen LogP contribution in [0, 0.1) is 45.8 Å². The van der Waals surface area contributed by atoms with Crippen molar-refractivity contribution >= 4 is 83.1 Å². The number of ketones is 2. The molecule has 0 saturated carbocycles. The smallest absolute Gasteiger partial charge is 0.333 e. The van der Waals surface area contributed by atoms with Gasteiger partial charge in [0.05, 0.1) is 68.7 Å². The first-order valence-electron chi connectivity index (χ1n) is 38.2. The van der Waals surface area contributed by atoms with E-state index in [1.54, 1.807) is 71.4 Å². The number of nitrogens with zero attached hydrogens (tertiary/aromatic N) is 2. The van der Waals surface area contributed by atoms with Crippen LogP contribution in [-0.4, -0.2) is 200 Å². The Morgan fingerprint density at radius 1 is 0.545 bits per heavy atom. The molecular formula is C84H142N4O24. The third-order valence-corrected chi connectivity index (χ3v) is 16.3. The van der Waals surface area contributed by atoms with Crippen LogP contribution < -0.4 is 10.6 Å². The Labute approximate surface area is 668 Å². The van der Waals surface area contributed by atoms with Gasteiger partial charge in [-0.2, -0.15) is 0 Å². The average Bonchev–Trinajstić information content (AvgIpc) is 1.81. The number of carboxylic acids is 2. The molecule has 6 atom stereocenters. The lowest BCUT2D eigenvalue weighted by Crippen LogP contribution is -2.47. The van der Waals surface area contributed by atoms with Crippen LogP contribution in [0.5, 0.6) is 0 Å². The number of methoxy groups -OCH3 is 2. The first-order valence-corrected chi connectivity index (χ1v) is 38.2. The Morgan fingerprint density at radius 3 is 1.38 bits per heavy atom. The number of hydrogen-bond donors (Lipinski definition) is 4. The number of likely N-dealkylation sites (tertiary alicyclic amines) is 2. The van der Waals surface area contributed by atoms with E-state index in [2.05, 4.69) is 69.0 Å². The van der Waals surface area contributed by atoms with E-state index in [-0.39, 0.29) is 117 Å². The zero-order valence-corrected chi connectivity index (χ0v) is 72.3. The third kappa shape index (κ3) is 55.7. The number of Topliss-reactive ketones (excluding diaryl/α,β-unsaturated/α-hetero) is 1. The minimum Gasteiger partial charge on any atom is -0.481 e. The highest BCUT2D eigenvalue weighted by molar-refractivity contribution is 5.94. The third-order valence-electron chi connectivity index (χ3n) is 16.3. The van der Waals surface area contributed by atoms with Crippen LogP contribution in [0.4, 0.5) is 0 Å². The molecular weight excluding hydrogens is 1450 g/mol. The highest BCUT2D eigenvalue weighted by atomic mass is 16.6. The normalized spacial score (nSPS) is 14.4. The summed E-state index contributed by atoms with van der Waals surface area (Å²) >= 11 is 0. The summed E-state index contributed by atoms with van der Waals surface area (Å²) in [5.74, 6) is -9.23. The molecule has 2 heterocycles. The molecule has 2 aliphatic rings. The number of nitrogens with one attached hydrogen (secondary N) is 2. The predicted molar refractivity (Wildman–Crippen MR) is 430 cm³/mol. The molecule has 6 unspecified atom stereocenters. The molecule has 0 aromatic carbocycles. The largest absolute Gasteiger partial charge is 0.481 e. The summed E-state index contributed by atoms with van der Waals surface area (Å²) in [6.07, 6.45) is 9.88. The molecule has 2 fully saturated rings. The Morgan fingerprint density at radius 2 is 1.01 bits per heavy atom. The number of aliphatic carboxylic acids is 2. The molecule has 2 amide bonds. The van der Waals surface area contributed by atoms with E-state index in [0.29, 0.717) is 81.4 Å². The molecule has 0 spiro atoms. The number of carbonyl (C=O) groups excluding carboxylic acids is 12. The molecule has 2 rings (SSSR count). The fourth-order valence-corrected chi connectivity index (χ4v) is 10.4. The van der Waals surface area contributed by atoms with Crippen LogP contribution in [-0.2, 0) is 105 Å². The van der Waals surface area contributed by atoms with Gasteiger partial charge in [-0.1, -0.05) is 94.2 Å². The van der Waals surface area contributed by atoms with Gasteiger partial charge in [0.1, 0.15) is 19.0 Å². The van der Waals surface area contributed by atoms with Crippen molar-refractivity contribution in [3.05, 3.63) is 74.0 Å². The van der Waals surface area contributed by atoms with Crippen molar-refractivity contribution in [1.82, 2.24) is 20.4 Å². The minimum atomic E-state index is -1.48. The van der Waals surface area contributed by atoms with Gasteiger partial charge in [0.2, 0.25) is 11.8 Å². The van der Waals surface area contributed by atoms with Crippen molar-refractivity contribution in [3.8, 4) is 0 Å². The maximum Gasteiger partial charge on any atom is 0.333 e. The molecule has 28 heteroatoms. The summed E-state index contributed by atoms with van der Waals surface area (Å²) in [5.41, 5.74) is -2.92. The summed E-state index contributed by atoms with van der Waals surface area (Å²) in [6.45, 7) is 60.2. The van der Waals surface area contributed by atoms with Crippen molar-refractivity contribution in [2.45, 2.75) is 253 Å². The second-order valence-corrected chi connectivity index (χ2v) is 31.8. The van der Waals surface area contributed by atoms with Crippen LogP contribution >= 0.6 is 0 Å². The van der Waals surface area contributed by atoms with Gasteiger partial charge < -0.3 is 68.5 Å². The molecule has 4 N–H and O–H groups in total. The average molecular weight is 1590 g/mol. The van der Waals surface area contributed by atoms with E-state index in [1.165, 1.54) is 34.1 Å². The Hall–Kier alpha value is -8.66. The number of rotatable bonds is 41. The fraction of sp³-hybridized carbons (Fsp3) is 0.690. The van der Waals surface area contributed by atoms with Gasteiger partial charge in [0, 0.05) is 90.9 Å². The quantitative estimate of drug-likeness (QED) is 0.0191.